The van der Waals surface area contributed by atoms with Crippen molar-refractivity contribution >= 4 is 11.8 Å². The molecule has 102 valence electrons. The summed E-state index contributed by atoms with van der Waals surface area (Å²) in [6.45, 7) is 2.23. The Bertz CT molecular complexity index is 623. The van der Waals surface area contributed by atoms with Crippen LogP contribution in [0.15, 0.2) is 53.4 Å². The zero-order valence-corrected chi connectivity index (χ0v) is 12.4. The van der Waals surface area contributed by atoms with Gasteiger partial charge in [-0.3, -0.25) is 0 Å². The number of hydrogen-bond donors (Lipinski definition) is 1. The van der Waals surface area contributed by atoms with Gasteiger partial charge in [-0.05, 0) is 30.7 Å². The number of benzene rings is 2. The van der Waals surface area contributed by atoms with Crippen LogP contribution in [0.1, 0.15) is 23.1 Å². The fourth-order valence-electron chi connectivity index (χ4n) is 1.85. The van der Waals surface area contributed by atoms with Gasteiger partial charge in [0.2, 0.25) is 0 Å². The van der Waals surface area contributed by atoms with Crippen molar-refractivity contribution in [2.24, 2.45) is 0 Å². The topological polar surface area (TPSA) is 20.2 Å². The molecule has 2 rings (SSSR count). The van der Waals surface area contributed by atoms with Gasteiger partial charge in [0.25, 0.3) is 0 Å². The minimum atomic E-state index is 0.118. The first-order valence-electron chi connectivity index (χ1n) is 6.66. The Kier molecular flexibility index (Phi) is 5.73. The Morgan fingerprint density at radius 2 is 1.95 bits per heavy atom. The molecular formula is C18H18OS. The molecule has 0 aliphatic carbocycles. The summed E-state index contributed by atoms with van der Waals surface area (Å²) in [5.41, 5.74) is 3.58. The van der Waals surface area contributed by atoms with E-state index in [1.165, 1.54) is 16.0 Å². The van der Waals surface area contributed by atoms with E-state index in [0.717, 1.165) is 11.3 Å². The van der Waals surface area contributed by atoms with E-state index in [1.54, 1.807) is 0 Å². The van der Waals surface area contributed by atoms with Gasteiger partial charge in [-0.25, -0.2) is 0 Å². The van der Waals surface area contributed by atoms with Gasteiger partial charge in [0.1, 0.15) is 0 Å². The second kappa shape index (κ2) is 7.79. The summed E-state index contributed by atoms with van der Waals surface area (Å²) in [4.78, 5) is 1.28. The molecule has 2 aromatic carbocycles. The van der Waals surface area contributed by atoms with Crippen LogP contribution in [-0.2, 0) is 5.75 Å². The van der Waals surface area contributed by atoms with E-state index in [9.17, 15) is 0 Å². The van der Waals surface area contributed by atoms with E-state index in [1.807, 2.05) is 30.0 Å². The lowest BCUT2D eigenvalue weighted by Gasteiger charge is -2.05. The highest BCUT2D eigenvalue weighted by Crippen LogP contribution is 2.24. The van der Waals surface area contributed by atoms with Gasteiger partial charge in [0.05, 0.1) is 6.61 Å². The lowest BCUT2D eigenvalue weighted by atomic mass is 10.1. The first-order chi connectivity index (χ1) is 9.79. The smallest absolute Gasteiger partial charge is 0.0540 e. The van der Waals surface area contributed by atoms with Crippen LogP contribution in [-0.4, -0.2) is 11.7 Å². The van der Waals surface area contributed by atoms with Crippen molar-refractivity contribution in [1.82, 2.24) is 0 Å². The lowest BCUT2D eigenvalue weighted by molar-refractivity contribution is 0.305. The molecule has 0 atom stereocenters. The van der Waals surface area contributed by atoms with Gasteiger partial charge < -0.3 is 5.11 Å². The third-order valence-corrected chi connectivity index (χ3v) is 3.90. The summed E-state index contributed by atoms with van der Waals surface area (Å²) >= 11 is 1.82. The highest BCUT2D eigenvalue weighted by atomic mass is 32.2. The van der Waals surface area contributed by atoms with Gasteiger partial charge in [0, 0.05) is 22.6 Å². The molecule has 2 aromatic rings. The molecule has 0 spiro atoms. The molecule has 0 aromatic heterocycles. The highest BCUT2D eigenvalue weighted by molar-refractivity contribution is 7.98. The molecule has 20 heavy (non-hydrogen) atoms. The number of aryl methyl sites for hydroxylation is 1. The summed E-state index contributed by atoms with van der Waals surface area (Å²) in [6.07, 6.45) is 0.527. The Morgan fingerprint density at radius 1 is 1.10 bits per heavy atom. The second-order valence-electron chi connectivity index (χ2n) is 4.54. The summed E-state index contributed by atoms with van der Waals surface area (Å²) in [5.74, 6) is 7.04. The molecule has 1 N–H and O–H groups in total. The van der Waals surface area contributed by atoms with Crippen LogP contribution in [0.3, 0.4) is 0 Å². The molecule has 0 unspecified atom stereocenters. The van der Waals surface area contributed by atoms with Crippen LogP contribution in [0, 0.1) is 18.8 Å². The van der Waals surface area contributed by atoms with Crippen LogP contribution in [0.4, 0.5) is 0 Å². The highest BCUT2D eigenvalue weighted by Gasteiger charge is 2.01. The van der Waals surface area contributed by atoms with Gasteiger partial charge in [0.15, 0.2) is 0 Å². The van der Waals surface area contributed by atoms with Crippen molar-refractivity contribution in [3.8, 4) is 11.8 Å². The zero-order chi connectivity index (χ0) is 14.2. The normalized spacial score (nSPS) is 9.90. The maximum Gasteiger partial charge on any atom is 0.0540 e. The monoisotopic (exact) mass is 282 g/mol. The molecule has 0 heterocycles. The predicted octanol–water partition coefficient (Wildman–Crippen LogP) is 4.02. The summed E-state index contributed by atoms with van der Waals surface area (Å²) in [5, 5.41) is 8.78. The molecule has 0 radical (unpaired) electrons. The number of aliphatic hydroxyl groups is 1. The molecule has 0 saturated carbocycles. The van der Waals surface area contributed by atoms with Crippen molar-refractivity contribution in [1.29, 1.82) is 0 Å². The quantitative estimate of drug-likeness (QED) is 0.675. The summed E-state index contributed by atoms with van der Waals surface area (Å²) < 4.78 is 0. The van der Waals surface area contributed by atoms with E-state index in [0.29, 0.717) is 6.42 Å². The fraction of sp³-hybridized carbons (Fsp3) is 0.222. The van der Waals surface area contributed by atoms with Crippen molar-refractivity contribution < 1.29 is 5.11 Å². The van der Waals surface area contributed by atoms with E-state index in [-0.39, 0.29) is 6.61 Å². The van der Waals surface area contributed by atoms with Gasteiger partial charge in [-0.1, -0.05) is 47.7 Å². The first kappa shape index (κ1) is 14.7. The minimum Gasteiger partial charge on any atom is -0.395 e. The van der Waals surface area contributed by atoms with Crippen LogP contribution in [0.2, 0.25) is 0 Å². The molecule has 0 aliphatic heterocycles. The third-order valence-electron chi connectivity index (χ3n) is 2.86. The van der Waals surface area contributed by atoms with E-state index >= 15 is 0 Å². The fourth-order valence-corrected chi connectivity index (χ4v) is 2.87. The molecule has 0 aliphatic rings. The Balaban J connectivity index is 2.08. The van der Waals surface area contributed by atoms with Crippen LogP contribution >= 0.6 is 11.8 Å². The van der Waals surface area contributed by atoms with Crippen molar-refractivity contribution in [2.45, 2.75) is 24.0 Å². The molecule has 2 heteroatoms. The molecule has 0 bridgehead atoms. The van der Waals surface area contributed by atoms with E-state index in [4.69, 9.17) is 5.11 Å². The minimum absolute atomic E-state index is 0.118. The number of thioether (sulfide) groups is 1. The van der Waals surface area contributed by atoms with E-state index < -0.39 is 0 Å². The molecule has 0 amide bonds. The summed E-state index contributed by atoms with van der Waals surface area (Å²) in [6, 6.07) is 16.7. The van der Waals surface area contributed by atoms with Crippen molar-refractivity contribution in [3.63, 3.8) is 0 Å². The maximum atomic E-state index is 8.78. The number of aliphatic hydroxyl groups excluding tert-OH is 1. The Hall–Kier alpha value is -1.69. The second-order valence-corrected chi connectivity index (χ2v) is 5.59. The standard InChI is InChI=1S/C18H18OS/c1-15-7-6-11-18(13-15)20-14-17-10-3-2-8-16(17)9-4-5-12-19/h2-3,6-8,10-11,13,19H,5,12,14H2,1H3. The molecule has 0 saturated heterocycles. The number of rotatable bonds is 4. The maximum absolute atomic E-state index is 8.78. The van der Waals surface area contributed by atoms with Crippen LogP contribution in [0.5, 0.6) is 0 Å². The SMILES string of the molecule is Cc1cccc(SCc2ccccc2C#CCCO)c1. The third kappa shape index (κ3) is 4.45. The average molecular weight is 282 g/mol. The van der Waals surface area contributed by atoms with Crippen LogP contribution < -0.4 is 0 Å². The number of hydrogen-bond acceptors (Lipinski definition) is 2. The van der Waals surface area contributed by atoms with Crippen molar-refractivity contribution in [2.75, 3.05) is 6.61 Å². The average Bonchev–Trinajstić information content (AvgIpc) is 2.47. The van der Waals surface area contributed by atoms with Crippen molar-refractivity contribution in [3.05, 3.63) is 65.2 Å². The Morgan fingerprint density at radius 3 is 2.75 bits per heavy atom. The molecule has 1 nitrogen and oxygen atoms in total. The largest absolute Gasteiger partial charge is 0.395 e. The first-order valence-corrected chi connectivity index (χ1v) is 7.65. The summed E-state index contributed by atoms with van der Waals surface area (Å²) in [7, 11) is 0. The van der Waals surface area contributed by atoms with Crippen LogP contribution in [0.25, 0.3) is 0 Å². The van der Waals surface area contributed by atoms with Gasteiger partial charge >= 0.3 is 0 Å². The predicted molar refractivity (Wildman–Crippen MR) is 85.8 cm³/mol. The van der Waals surface area contributed by atoms with E-state index in [2.05, 4.69) is 49.1 Å². The molecular weight excluding hydrogens is 264 g/mol. The zero-order valence-electron chi connectivity index (χ0n) is 11.6. The van der Waals surface area contributed by atoms with Gasteiger partial charge in [-0.15, -0.1) is 11.8 Å². The molecule has 0 fully saturated rings. The Labute approximate surface area is 125 Å². The van der Waals surface area contributed by atoms with Gasteiger partial charge in [-0.2, -0.15) is 0 Å². The lowest BCUT2D eigenvalue weighted by Crippen LogP contribution is -1.87.